The van der Waals surface area contributed by atoms with Crippen molar-refractivity contribution in [1.82, 2.24) is 10.2 Å². The smallest absolute Gasteiger partial charge is 0.246 e. The molecule has 2 aliphatic heterocycles. The fourth-order valence-electron chi connectivity index (χ4n) is 2.69. The zero-order valence-corrected chi connectivity index (χ0v) is 11.9. The molecular weight excluding hydrogens is 262 g/mol. The summed E-state index contributed by atoms with van der Waals surface area (Å²) >= 11 is 0. The molecule has 7 heteroatoms. The second-order valence-electron chi connectivity index (χ2n) is 5.53. The van der Waals surface area contributed by atoms with E-state index in [9.17, 15) is 9.59 Å². The van der Waals surface area contributed by atoms with Gasteiger partial charge in [0.05, 0.1) is 6.61 Å². The van der Waals surface area contributed by atoms with Crippen LogP contribution >= 0.6 is 0 Å². The Bertz CT molecular complexity index is 361. The molecule has 3 N–H and O–H groups in total. The normalized spacial score (nSPS) is 27.6. The maximum atomic E-state index is 12.4. The van der Waals surface area contributed by atoms with Gasteiger partial charge in [0.25, 0.3) is 0 Å². The molecule has 0 aromatic heterocycles. The van der Waals surface area contributed by atoms with Crippen molar-refractivity contribution in [3.8, 4) is 0 Å². The lowest BCUT2D eigenvalue weighted by Crippen LogP contribution is -2.58. The Kier molecular flexibility index (Phi) is 4.95. The van der Waals surface area contributed by atoms with Crippen LogP contribution in [0.2, 0.25) is 0 Å². The van der Waals surface area contributed by atoms with Gasteiger partial charge in [-0.3, -0.25) is 9.59 Å². The largest absolute Gasteiger partial charge is 0.379 e. The predicted molar refractivity (Wildman–Crippen MR) is 72.0 cm³/mol. The lowest BCUT2D eigenvalue weighted by atomic mass is 9.96. The third-order valence-electron chi connectivity index (χ3n) is 3.90. The lowest BCUT2D eigenvalue weighted by Gasteiger charge is -2.36. The van der Waals surface area contributed by atoms with E-state index in [-0.39, 0.29) is 24.5 Å². The number of likely N-dealkylation sites (tertiary alicyclic amines) is 1. The molecule has 0 radical (unpaired) electrons. The number of hydrogen-bond donors (Lipinski definition) is 2. The van der Waals surface area contributed by atoms with Crippen molar-refractivity contribution in [3.05, 3.63) is 0 Å². The van der Waals surface area contributed by atoms with Gasteiger partial charge in [0, 0.05) is 32.8 Å². The molecule has 7 nitrogen and oxygen atoms in total. The van der Waals surface area contributed by atoms with Crippen LogP contribution in [-0.2, 0) is 19.1 Å². The SMILES string of the molecule is COCC(=O)NC1CCN(C(=O)C2(N)CCOC2)CC1. The zero-order chi connectivity index (χ0) is 14.6. The van der Waals surface area contributed by atoms with Gasteiger partial charge in [-0.1, -0.05) is 0 Å². The number of nitrogens with one attached hydrogen (secondary N) is 1. The highest BCUT2D eigenvalue weighted by molar-refractivity contribution is 5.86. The minimum Gasteiger partial charge on any atom is -0.379 e. The molecule has 0 saturated carbocycles. The molecule has 20 heavy (non-hydrogen) atoms. The average molecular weight is 285 g/mol. The van der Waals surface area contributed by atoms with Crippen molar-refractivity contribution >= 4 is 11.8 Å². The van der Waals surface area contributed by atoms with Crippen LogP contribution in [0, 0.1) is 0 Å². The lowest BCUT2D eigenvalue weighted by molar-refractivity contribution is -0.138. The standard InChI is InChI=1S/C13H23N3O4/c1-19-8-11(17)15-10-2-5-16(6-3-10)12(18)13(14)4-7-20-9-13/h10H,2-9,14H2,1H3,(H,15,17). The maximum absolute atomic E-state index is 12.4. The van der Waals surface area contributed by atoms with Crippen LogP contribution in [0.5, 0.6) is 0 Å². The first-order valence-corrected chi connectivity index (χ1v) is 6.99. The Morgan fingerprint density at radius 1 is 1.45 bits per heavy atom. The van der Waals surface area contributed by atoms with E-state index in [1.54, 1.807) is 4.90 Å². The number of carbonyl (C=O) groups excluding carboxylic acids is 2. The Morgan fingerprint density at radius 2 is 2.15 bits per heavy atom. The van der Waals surface area contributed by atoms with Crippen LogP contribution in [0.4, 0.5) is 0 Å². The van der Waals surface area contributed by atoms with E-state index in [4.69, 9.17) is 15.2 Å². The molecule has 2 aliphatic rings. The summed E-state index contributed by atoms with van der Waals surface area (Å²) in [7, 11) is 1.49. The maximum Gasteiger partial charge on any atom is 0.246 e. The highest BCUT2D eigenvalue weighted by atomic mass is 16.5. The van der Waals surface area contributed by atoms with Gasteiger partial charge in [-0.05, 0) is 19.3 Å². The highest BCUT2D eigenvalue weighted by Crippen LogP contribution is 2.21. The van der Waals surface area contributed by atoms with Crippen molar-refractivity contribution in [2.24, 2.45) is 5.73 Å². The summed E-state index contributed by atoms with van der Waals surface area (Å²) < 4.78 is 10.0. The molecule has 1 unspecified atom stereocenters. The van der Waals surface area contributed by atoms with Crippen LogP contribution in [0.15, 0.2) is 0 Å². The first-order chi connectivity index (χ1) is 9.55. The molecule has 0 aromatic carbocycles. The Hall–Kier alpha value is -1.18. The summed E-state index contributed by atoms with van der Waals surface area (Å²) in [5, 5.41) is 2.90. The van der Waals surface area contributed by atoms with Crippen molar-refractivity contribution in [3.63, 3.8) is 0 Å². The monoisotopic (exact) mass is 285 g/mol. The van der Waals surface area contributed by atoms with Gasteiger partial charge < -0.3 is 25.4 Å². The number of piperidine rings is 1. The minimum atomic E-state index is -0.855. The number of nitrogens with two attached hydrogens (primary N) is 1. The van der Waals surface area contributed by atoms with Gasteiger partial charge in [0.15, 0.2) is 0 Å². The fraction of sp³-hybridized carbons (Fsp3) is 0.846. The topological polar surface area (TPSA) is 93.9 Å². The summed E-state index contributed by atoms with van der Waals surface area (Å²) in [6.07, 6.45) is 2.08. The van der Waals surface area contributed by atoms with Crippen molar-refractivity contribution in [2.75, 3.05) is 40.0 Å². The average Bonchev–Trinajstić information content (AvgIpc) is 2.87. The van der Waals surface area contributed by atoms with Crippen molar-refractivity contribution < 1.29 is 19.1 Å². The number of methoxy groups -OCH3 is 1. The third-order valence-corrected chi connectivity index (χ3v) is 3.90. The zero-order valence-electron chi connectivity index (χ0n) is 11.9. The molecule has 0 bridgehead atoms. The van der Waals surface area contributed by atoms with Gasteiger partial charge in [-0.2, -0.15) is 0 Å². The summed E-state index contributed by atoms with van der Waals surface area (Å²) in [5.41, 5.74) is 5.23. The van der Waals surface area contributed by atoms with E-state index < -0.39 is 5.54 Å². The van der Waals surface area contributed by atoms with Crippen molar-refractivity contribution in [2.45, 2.75) is 30.8 Å². The fourth-order valence-corrected chi connectivity index (χ4v) is 2.69. The van der Waals surface area contributed by atoms with Gasteiger partial charge in [-0.15, -0.1) is 0 Å². The number of amides is 2. The van der Waals surface area contributed by atoms with Gasteiger partial charge in [-0.25, -0.2) is 0 Å². The summed E-state index contributed by atoms with van der Waals surface area (Å²) in [6, 6.07) is 0.107. The Morgan fingerprint density at radius 3 is 2.70 bits per heavy atom. The molecule has 2 amide bonds. The molecule has 2 fully saturated rings. The summed E-state index contributed by atoms with van der Waals surface area (Å²) in [5.74, 6) is -0.145. The van der Waals surface area contributed by atoms with E-state index >= 15 is 0 Å². The van der Waals surface area contributed by atoms with E-state index in [1.807, 2.05) is 0 Å². The number of carbonyl (C=O) groups is 2. The van der Waals surface area contributed by atoms with E-state index in [0.717, 1.165) is 12.8 Å². The second-order valence-corrected chi connectivity index (χ2v) is 5.53. The summed E-state index contributed by atoms with van der Waals surface area (Å²) in [6.45, 7) is 2.16. The molecule has 2 heterocycles. The molecule has 114 valence electrons. The van der Waals surface area contributed by atoms with Crippen LogP contribution < -0.4 is 11.1 Å². The Labute approximate surface area is 118 Å². The second kappa shape index (κ2) is 6.51. The van der Waals surface area contributed by atoms with Crippen molar-refractivity contribution in [1.29, 1.82) is 0 Å². The van der Waals surface area contributed by atoms with E-state index in [2.05, 4.69) is 5.32 Å². The predicted octanol–water partition coefficient (Wildman–Crippen LogP) is -1.14. The van der Waals surface area contributed by atoms with Crippen LogP contribution in [0.1, 0.15) is 19.3 Å². The molecule has 0 spiro atoms. The number of nitrogens with zero attached hydrogens (tertiary/aromatic N) is 1. The molecular formula is C13H23N3O4. The Balaban J connectivity index is 1.79. The highest BCUT2D eigenvalue weighted by Gasteiger charge is 2.41. The number of hydrogen-bond acceptors (Lipinski definition) is 5. The van der Waals surface area contributed by atoms with Crippen LogP contribution in [0.25, 0.3) is 0 Å². The first-order valence-electron chi connectivity index (χ1n) is 6.99. The van der Waals surface area contributed by atoms with Gasteiger partial charge in [0.2, 0.25) is 11.8 Å². The number of rotatable bonds is 4. The minimum absolute atomic E-state index is 0.0309. The van der Waals surface area contributed by atoms with Crippen LogP contribution in [0.3, 0.4) is 0 Å². The number of ether oxygens (including phenoxy) is 2. The summed E-state index contributed by atoms with van der Waals surface area (Å²) in [4.78, 5) is 25.6. The van der Waals surface area contributed by atoms with Gasteiger partial charge in [0.1, 0.15) is 12.1 Å². The third kappa shape index (κ3) is 3.47. The van der Waals surface area contributed by atoms with Crippen LogP contribution in [-0.4, -0.2) is 68.3 Å². The quantitative estimate of drug-likeness (QED) is 0.681. The van der Waals surface area contributed by atoms with Gasteiger partial charge >= 0.3 is 0 Å². The van der Waals surface area contributed by atoms with E-state index in [1.165, 1.54) is 7.11 Å². The molecule has 0 aromatic rings. The first kappa shape index (κ1) is 15.2. The molecule has 0 aliphatic carbocycles. The van der Waals surface area contributed by atoms with E-state index in [0.29, 0.717) is 32.7 Å². The molecule has 2 saturated heterocycles. The molecule has 2 rings (SSSR count). The molecule has 1 atom stereocenters.